The normalized spacial score (nSPS) is 14.7. The Kier molecular flexibility index (Phi) is 7.00. The third-order valence-corrected chi connectivity index (χ3v) is 4.99. The maximum Gasteiger partial charge on any atom is 0.328 e. The number of carbonyl (C=O) groups is 2. The summed E-state index contributed by atoms with van der Waals surface area (Å²) < 4.78 is 6.54. The standard InChI is InChI=1S/C20H30N2O4/c1-5-6-11-22-16-10-8-7-9-14(16)12-15(19(22)24)18(23)21-17(13(2)3)20(25)26-4/h12-13,17H,5-11H2,1-4H3,(H,21,23)/t17-/m0/s1. The number of carbonyl (C=O) groups excluding carboxylic acids is 2. The molecule has 0 unspecified atom stereocenters. The van der Waals surface area contributed by atoms with Gasteiger partial charge in [0.25, 0.3) is 11.5 Å². The van der Waals surface area contributed by atoms with Crippen molar-refractivity contribution in [3.8, 4) is 0 Å². The molecular weight excluding hydrogens is 332 g/mol. The van der Waals surface area contributed by atoms with Gasteiger partial charge in [-0.05, 0) is 49.7 Å². The summed E-state index contributed by atoms with van der Waals surface area (Å²) in [5.74, 6) is -1.14. The van der Waals surface area contributed by atoms with Crippen LogP contribution in [0.3, 0.4) is 0 Å². The topological polar surface area (TPSA) is 77.4 Å². The van der Waals surface area contributed by atoms with E-state index < -0.39 is 17.9 Å². The van der Waals surface area contributed by atoms with E-state index in [1.165, 1.54) is 7.11 Å². The number of nitrogens with one attached hydrogen (secondary N) is 1. The van der Waals surface area contributed by atoms with Gasteiger partial charge in [0, 0.05) is 12.2 Å². The molecule has 0 fully saturated rings. The first-order chi connectivity index (χ1) is 12.4. The van der Waals surface area contributed by atoms with E-state index in [4.69, 9.17) is 4.74 Å². The lowest BCUT2D eigenvalue weighted by atomic mass is 9.94. The predicted octanol–water partition coefficient (Wildman–Crippen LogP) is 2.45. The number of unbranched alkanes of at least 4 members (excludes halogenated alkanes) is 1. The quantitative estimate of drug-likeness (QED) is 0.756. The van der Waals surface area contributed by atoms with Crippen LogP contribution in [0.1, 0.15) is 68.1 Å². The molecule has 1 aliphatic carbocycles. The third kappa shape index (κ3) is 4.34. The molecule has 2 rings (SSSR count). The van der Waals surface area contributed by atoms with Gasteiger partial charge in [-0.15, -0.1) is 0 Å². The van der Waals surface area contributed by atoms with Crippen molar-refractivity contribution in [1.82, 2.24) is 9.88 Å². The summed E-state index contributed by atoms with van der Waals surface area (Å²) in [6.45, 7) is 6.36. The molecule has 0 saturated heterocycles. The van der Waals surface area contributed by atoms with Gasteiger partial charge in [0.1, 0.15) is 11.6 Å². The molecule has 1 heterocycles. The summed E-state index contributed by atoms with van der Waals surface area (Å²) in [6, 6.07) is 0.954. The van der Waals surface area contributed by atoms with Gasteiger partial charge in [0.15, 0.2) is 0 Å². The first kappa shape index (κ1) is 20.2. The van der Waals surface area contributed by atoms with Crippen LogP contribution >= 0.6 is 0 Å². The molecule has 0 radical (unpaired) electrons. The number of fused-ring (bicyclic) bond motifs is 1. The van der Waals surface area contributed by atoms with Crippen LogP contribution in [0.25, 0.3) is 0 Å². The highest BCUT2D eigenvalue weighted by atomic mass is 16.5. The van der Waals surface area contributed by atoms with Crippen LogP contribution in [0.5, 0.6) is 0 Å². The molecule has 0 aromatic carbocycles. The van der Waals surface area contributed by atoms with E-state index in [1.807, 2.05) is 13.8 Å². The van der Waals surface area contributed by atoms with E-state index in [9.17, 15) is 14.4 Å². The number of methoxy groups -OCH3 is 1. The van der Waals surface area contributed by atoms with Gasteiger partial charge < -0.3 is 14.6 Å². The Morgan fingerprint density at radius 2 is 1.96 bits per heavy atom. The molecule has 0 bridgehead atoms. The summed E-state index contributed by atoms with van der Waals surface area (Å²) >= 11 is 0. The minimum absolute atomic E-state index is 0.122. The summed E-state index contributed by atoms with van der Waals surface area (Å²) in [7, 11) is 1.29. The zero-order valence-electron chi connectivity index (χ0n) is 16.3. The van der Waals surface area contributed by atoms with Crippen LogP contribution in [-0.4, -0.2) is 29.6 Å². The second-order valence-corrected chi connectivity index (χ2v) is 7.27. The van der Waals surface area contributed by atoms with Gasteiger partial charge >= 0.3 is 5.97 Å². The van der Waals surface area contributed by atoms with Crippen LogP contribution < -0.4 is 10.9 Å². The highest BCUT2D eigenvalue weighted by molar-refractivity contribution is 5.96. The maximum atomic E-state index is 13.0. The Bertz CT molecular complexity index is 721. The maximum absolute atomic E-state index is 13.0. The molecule has 6 nitrogen and oxygen atoms in total. The predicted molar refractivity (Wildman–Crippen MR) is 100 cm³/mol. The summed E-state index contributed by atoms with van der Waals surface area (Å²) in [5, 5.41) is 2.69. The first-order valence-corrected chi connectivity index (χ1v) is 9.55. The van der Waals surface area contributed by atoms with Crippen LogP contribution in [-0.2, 0) is 28.9 Å². The van der Waals surface area contributed by atoms with E-state index in [0.717, 1.165) is 49.8 Å². The van der Waals surface area contributed by atoms with Crippen molar-refractivity contribution in [3.63, 3.8) is 0 Å². The molecule has 1 N–H and O–H groups in total. The third-order valence-electron chi connectivity index (χ3n) is 4.99. The molecule has 1 aromatic rings. The smallest absolute Gasteiger partial charge is 0.328 e. The minimum Gasteiger partial charge on any atom is -0.467 e. The number of pyridine rings is 1. The van der Waals surface area contributed by atoms with Gasteiger partial charge in [-0.25, -0.2) is 4.79 Å². The zero-order chi connectivity index (χ0) is 19.3. The lowest BCUT2D eigenvalue weighted by molar-refractivity contribution is -0.144. The lowest BCUT2D eigenvalue weighted by Crippen LogP contribution is -2.47. The van der Waals surface area contributed by atoms with Crippen LogP contribution in [0.2, 0.25) is 0 Å². The van der Waals surface area contributed by atoms with Gasteiger partial charge in [0.2, 0.25) is 0 Å². The number of nitrogens with zero attached hydrogens (tertiary/aromatic N) is 1. The van der Waals surface area contributed by atoms with Crippen molar-refractivity contribution in [2.45, 2.75) is 71.9 Å². The van der Waals surface area contributed by atoms with Crippen LogP contribution in [0.4, 0.5) is 0 Å². The highest BCUT2D eigenvalue weighted by Crippen LogP contribution is 2.21. The summed E-state index contributed by atoms with van der Waals surface area (Å²) in [4.78, 5) is 37.7. The highest BCUT2D eigenvalue weighted by Gasteiger charge is 2.28. The van der Waals surface area contributed by atoms with Gasteiger partial charge in [-0.1, -0.05) is 27.2 Å². The Hall–Kier alpha value is -2.11. The number of amides is 1. The van der Waals surface area contributed by atoms with Gasteiger partial charge in [-0.3, -0.25) is 9.59 Å². The van der Waals surface area contributed by atoms with E-state index in [-0.39, 0.29) is 17.0 Å². The van der Waals surface area contributed by atoms with Gasteiger partial charge in [-0.2, -0.15) is 0 Å². The Morgan fingerprint density at radius 1 is 1.27 bits per heavy atom. The second-order valence-electron chi connectivity index (χ2n) is 7.27. The number of aromatic nitrogens is 1. The SMILES string of the molecule is CCCCn1c2c(cc(C(=O)N[C@H](C(=O)OC)C(C)C)c1=O)CCCC2. The molecule has 1 amide bonds. The molecule has 0 saturated carbocycles. The zero-order valence-corrected chi connectivity index (χ0v) is 16.3. The summed E-state index contributed by atoms with van der Waals surface area (Å²) in [6.07, 6.45) is 5.78. The molecule has 1 atom stereocenters. The van der Waals surface area contributed by atoms with Crippen molar-refractivity contribution in [3.05, 3.63) is 33.2 Å². The second kappa shape index (κ2) is 9.01. The van der Waals surface area contributed by atoms with Crippen molar-refractivity contribution < 1.29 is 14.3 Å². The largest absolute Gasteiger partial charge is 0.467 e. The molecule has 1 aliphatic rings. The Balaban J connectivity index is 2.40. The van der Waals surface area contributed by atoms with Gasteiger partial charge in [0.05, 0.1) is 7.11 Å². The molecule has 1 aromatic heterocycles. The molecule has 26 heavy (non-hydrogen) atoms. The molecule has 6 heteroatoms. The van der Waals surface area contributed by atoms with Crippen LogP contribution in [0, 0.1) is 5.92 Å². The van der Waals surface area contributed by atoms with Crippen molar-refractivity contribution in [1.29, 1.82) is 0 Å². The molecule has 0 aliphatic heterocycles. The fourth-order valence-electron chi connectivity index (χ4n) is 3.44. The molecule has 0 spiro atoms. The van der Waals surface area contributed by atoms with Crippen molar-refractivity contribution in [2.75, 3.05) is 7.11 Å². The average Bonchev–Trinajstić information content (AvgIpc) is 2.63. The first-order valence-electron chi connectivity index (χ1n) is 9.55. The Morgan fingerprint density at radius 3 is 2.58 bits per heavy atom. The molecule has 144 valence electrons. The number of ether oxygens (including phenoxy) is 1. The van der Waals surface area contributed by atoms with Crippen molar-refractivity contribution in [2.24, 2.45) is 5.92 Å². The fourth-order valence-corrected chi connectivity index (χ4v) is 3.44. The fraction of sp³-hybridized carbons (Fsp3) is 0.650. The molecular formula is C20H30N2O4. The summed E-state index contributed by atoms with van der Waals surface area (Å²) in [5.41, 5.74) is 2.01. The van der Waals surface area contributed by atoms with E-state index in [0.29, 0.717) is 6.54 Å². The lowest BCUT2D eigenvalue weighted by Gasteiger charge is -2.23. The number of esters is 1. The average molecular weight is 362 g/mol. The van der Waals surface area contributed by atoms with E-state index in [1.54, 1.807) is 10.6 Å². The van der Waals surface area contributed by atoms with E-state index in [2.05, 4.69) is 12.2 Å². The van der Waals surface area contributed by atoms with E-state index >= 15 is 0 Å². The minimum atomic E-state index is -0.771. The van der Waals surface area contributed by atoms with Crippen LogP contribution in [0.15, 0.2) is 10.9 Å². The van der Waals surface area contributed by atoms with Crippen molar-refractivity contribution >= 4 is 11.9 Å². The number of rotatable bonds is 7. The Labute approximate surface area is 154 Å². The number of hydrogen-bond acceptors (Lipinski definition) is 4. The number of hydrogen-bond donors (Lipinski definition) is 1. The monoisotopic (exact) mass is 362 g/mol. The number of aryl methyl sites for hydroxylation is 1.